The van der Waals surface area contributed by atoms with Crippen molar-refractivity contribution in [2.24, 2.45) is 0 Å². The van der Waals surface area contributed by atoms with Crippen molar-refractivity contribution in [3.63, 3.8) is 0 Å². The summed E-state index contributed by atoms with van der Waals surface area (Å²) >= 11 is 1.46. The fourth-order valence-electron chi connectivity index (χ4n) is 3.12. The first-order chi connectivity index (χ1) is 14.3. The third-order valence-electron chi connectivity index (χ3n) is 4.80. The molecule has 30 heavy (non-hydrogen) atoms. The fraction of sp³-hybridized carbons (Fsp3) is 0.200. The van der Waals surface area contributed by atoms with Gasteiger partial charge in [-0.2, -0.15) is 0 Å². The van der Waals surface area contributed by atoms with Crippen LogP contribution in [-0.2, 0) is 4.79 Å². The molecule has 3 aromatic rings. The summed E-state index contributed by atoms with van der Waals surface area (Å²) in [6.07, 6.45) is 0. The van der Waals surface area contributed by atoms with Crippen molar-refractivity contribution in [2.75, 3.05) is 10.6 Å². The van der Waals surface area contributed by atoms with Gasteiger partial charge in [0.25, 0.3) is 5.91 Å². The van der Waals surface area contributed by atoms with Gasteiger partial charge in [0.1, 0.15) is 0 Å². The fourth-order valence-corrected chi connectivity index (χ4v) is 4.05. The van der Waals surface area contributed by atoms with Crippen LogP contribution < -0.4 is 10.6 Å². The second kappa shape index (κ2) is 9.63. The normalized spacial score (nSPS) is 11.6. The van der Waals surface area contributed by atoms with Gasteiger partial charge in [-0.25, -0.2) is 0 Å². The number of rotatable bonds is 6. The molecule has 0 saturated heterocycles. The molecule has 0 aliphatic heterocycles. The Morgan fingerprint density at radius 3 is 2.33 bits per heavy atom. The van der Waals surface area contributed by atoms with E-state index < -0.39 is 0 Å². The van der Waals surface area contributed by atoms with Gasteiger partial charge in [-0.3, -0.25) is 9.59 Å². The molecule has 0 aromatic heterocycles. The van der Waals surface area contributed by atoms with Crippen molar-refractivity contribution in [3.8, 4) is 0 Å². The monoisotopic (exact) mass is 418 g/mol. The van der Waals surface area contributed by atoms with Gasteiger partial charge in [0.15, 0.2) is 0 Å². The minimum atomic E-state index is -0.284. The highest BCUT2D eigenvalue weighted by Gasteiger charge is 2.16. The Labute approximate surface area is 182 Å². The largest absolute Gasteiger partial charge is 0.325 e. The van der Waals surface area contributed by atoms with Crippen molar-refractivity contribution in [2.45, 2.75) is 37.8 Å². The van der Waals surface area contributed by atoms with Crippen LogP contribution in [0.5, 0.6) is 0 Å². The minimum absolute atomic E-state index is 0.0543. The Morgan fingerprint density at radius 1 is 0.833 bits per heavy atom. The quantitative estimate of drug-likeness (QED) is 0.484. The Balaban J connectivity index is 1.65. The molecule has 2 amide bonds. The molecule has 0 heterocycles. The number of hydrogen-bond acceptors (Lipinski definition) is 3. The van der Waals surface area contributed by atoms with Crippen molar-refractivity contribution in [3.05, 3.63) is 89.0 Å². The molecule has 0 bridgehead atoms. The van der Waals surface area contributed by atoms with Crippen LogP contribution in [-0.4, -0.2) is 17.1 Å². The molecule has 154 valence electrons. The number of thioether (sulfide) groups is 1. The number of carbonyl (C=O) groups excluding carboxylic acids is 2. The Kier molecular flexibility index (Phi) is 6.95. The van der Waals surface area contributed by atoms with E-state index in [2.05, 4.69) is 10.6 Å². The topological polar surface area (TPSA) is 58.2 Å². The predicted molar refractivity (Wildman–Crippen MR) is 125 cm³/mol. The molecular weight excluding hydrogens is 392 g/mol. The molecule has 3 rings (SSSR count). The molecule has 5 heteroatoms. The van der Waals surface area contributed by atoms with Crippen LogP contribution in [0.4, 0.5) is 11.4 Å². The van der Waals surface area contributed by atoms with E-state index in [1.54, 1.807) is 0 Å². The number of carbonyl (C=O) groups is 2. The summed E-state index contributed by atoms with van der Waals surface area (Å²) in [5.41, 5.74) is 5.32. The van der Waals surface area contributed by atoms with Gasteiger partial charge in [-0.1, -0.05) is 42.0 Å². The Bertz CT molecular complexity index is 1080. The highest BCUT2D eigenvalue weighted by Crippen LogP contribution is 2.27. The minimum Gasteiger partial charge on any atom is -0.325 e. The lowest BCUT2D eigenvalue weighted by Crippen LogP contribution is -2.22. The summed E-state index contributed by atoms with van der Waals surface area (Å²) in [5.74, 6) is -0.197. The average Bonchev–Trinajstić information content (AvgIpc) is 2.70. The molecule has 0 saturated carbocycles. The van der Waals surface area contributed by atoms with Crippen LogP contribution in [0.1, 0.15) is 34.0 Å². The Morgan fingerprint density at radius 2 is 1.60 bits per heavy atom. The predicted octanol–water partition coefficient (Wildman–Crippen LogP) is 5.98. The number of aryl methyl sites for hydroxylation is 3. The molecule has 2 N–H and O–H groups in total. The lowest BCUT2D eigenvalue weighted by molar-refractivity contribution is -0.115. The molecule has 4 nitrogen and oxygen atoms in total. The smallest absolute Gasteiger partial charge is 0.255 e. The van der Waals surface area contributed by atoms with Gasteiger partial charge in [0.2, 0.25) is 5.91 Å². The summed E-state index contributed by atoms with van der Waals surface area (Å²) in [4.78, 5) is 26.1. The molecule has 0 aliphatic carbocycles. The van der Waals surface area contributed by atoms with Crippen molar-refractivity contribution in [1.82, 2.24) is 0 Å². The number of benzene rings is 3. The molecule has 3 aromatic carbocycles. The van der Waals surface area contributed by atoms with E-state index in [0.29, 0.717) is 11.3 Å². The van der Waals surface area contributed by atoms with Crippen LogP contribution in [0.25, 0.3) is 0 Å². The van der Waals surface area contributed by atoms with Crippen LogP contribution in [0.2, 0.25) is 0 Å². The first-order valence-electron chi connectivity index (χ1n) is 9.85. The van der Waals surface area contributed by atoms with Gasteiger partial charge >= 0.3 is 0 Å². The maximum Gasteiger partial charge on any atom is 0.255 e. The van der Waals surface area contributed by atoms with Gasteiger partial charge in [-0.05, 0) is 69.2 Å². The van der Waals surface area contributed by atoms with Crippen LogP contribution >= 0.6 is 11.8 Å². The molecule has 1 atom stereocenters. The van der Waals surface area contributed by atoms with E-state index in [1.165, 1.54) is 11.8 Å². The van der Waals surface area contributed by atoms with Crippen LogP contribution in [0.15, 0.2) is 71.6 Å². The Hall–Kier alpha value is -3.05. The highest BCUT2D eigenvalue weighted by molar-refractivity contribution is 8.00. The summed E-state index contributed by atoms with van der Waals surface area (Å²) in [6, 6.07) is 21.0. The van der Waals surface area contributed by atoms with Gasteiger partial charge in [-0.15, -0.1) is 11.8 Å². The zero-order valence-electron chi connectivity index (χ0n) is 17.7. The molecular formula is C25H26N2O2S. The van der Waals surface area contributed by atoms with E-state index in [-0.39, 0.29) is 17.1 Å². The highest BCUT2D eigenvalue weighted by atomic mass is 32.2. The molecule has 1 unspecified atom stereocenters. The number of hydrogen-bond donors (Lipinski definition) is 2. The van der Waals surface area contributed by atoms with Crippen molar-refractivity contribution >= 4 is 35.0 Å². The zero-order chi connectivity index (χ0) is 21.7. The lowest BCUT2D eigenvalue weighted by Gasteiger charge is -2.15. The number of nitrogens with one attached hydrogen (secondary N) is 2. The second-order valence-corrected chi connectivity index (χ2v) is 8.78. The van der Waals surface area contributed by atoms with Gasteiger partial charge in [0.05, 0.1) is 5.25 Å². The summed E-state index contributed by atoms with van der Waals surface area (Å²) in [6.45, 7) is 7.81. The van der Waals surface area contributed by atoms with Crippen LogP contribution in [0.3, 0.4) is 0 Å². The summed E-state index contributed by atoms with van der Waals surface area (Å²) < 4.78 is 0. The zero-order valence-corrected chi connectivity index (χ0v) is 18.5. The van der Waals surface area contributed by atoms with Gasteiger partial charge < -0.3 is 10.6 Å². The third kappa shape index (κ3) is 5.51. The van der Waals surface area contributed by atoms with E-state index in [4.69, 9.17) is 0 Å². The van der Waals surface area contributed by atoms with Crippen molar-refractivity contribution < 1.29 is 9.59 Å². The van der Waals surface area contributed by atoms with Gasteiger partial charge in [0, 0.05) is 21.8 Å². The first kappa shape index (κ1) is 21.7. The SMILES string of the molecule is Cc1ccc(NC(=O)C(C)Sc2cccc(NC(=O)c3ccccc3C)c2)c(C)c1. The molecule has 0 fully saturated rings. The molecule has 0 aliphatic rings. The maximum absolute atomic E-state index is 12.6. The van der Waals surface area contributed by atoms with E-state index in [1.807, 2.05) is 94.4 Å². The van der Waals surface area contributed by atoms with Crippen molar-refractivity contribution in [1.29, 1.82) is 0 Å². The first-order valence-corrected chi connectivity index (χ1v) is 10.7. The van der Waals surface area contributed by atoms with E-state index in [0.717, 1.165) is 27.3 Å². The maximum atomic E-state index is 12.6. The second-order valence-electron chi connectivity index (χ2n) is 7.36. The summed E-state index contributed by atoms with van der Waals surface area (Å²) in [7, 11) is 0. The van der Waals surface area contributed by atoms with E-state index in [9.17, 15) is 9.59 Å². The number of anilines is 2. The van der Waals surface area contributed by atoms with E-state index >= 15 is 0 Å². The summed E-state index contributed by atoms with van der Waals surface area (Å²) in [5, 5.41) is 5.66. The standard InChI is InChI=1S/C25H26N2O2S/c1-16-12-13-23(18(3)14-16)27-24(28)19(4)30-21-10-7-9-20(15-21)26-25(29)22-11-6-5-8-17(22)2/h5-15,19H,1-4H3,(H,26,29)(H,27,28). The third-order valence-corrected chi connectivity index (χ3v) is 5.90. The van der Waals surface area contributed by atoms with Crippen LogP contribution in [0, 0.1) is 20.8 Å². The lowest BCUT2D eigenvalue weighted by atomic mass is 10.1. The average molecular weight is 419 g/mol. The number of amides is 2. The molecule has 0 radical (unpaired) electrons. The molecule has 0 spiro atoms.